The standard InChI is InChI=1S/C48H88NO6P/c1-43(41-48(2,3)42-49(4)5)40-45(50)55-44-36-32-28-24-20-16-12-8-6-10-14-18-22-26-30-34-38-53-46(51)56-47(52)54-39-35-31-27-23-19-15-11-7-9-13-17-21-25-29-33-37-44/h6-7,10-11,43-44,56H,8-9,12-42H2,1-5H3. The Kier molecular flexibility index (Phi) is 34.0. The maximum atomic E-state index is 13.1. The summed E-state index contributed by atoms with van der Waals surface area (Å²) in [6.07, 6.45) is 43.4. The molecule has 0 aromatic heterocycles. The number of ether oxygens (including phenoxy) is 3. The molecule has 1 unspecified atom stereocenters. The Labute approximate surface area is 347 Å². The number of cyclic esters (lactones) is 2. The third kappa shape index (κ3) is 35.4. The first kappa shape index (κ1) is 52.3. The van der Waals surface area contributed by atoms with Crippen LogP contribution in [0, 0.1) is 11.3 Å². The van der Waals surface area contributed by atoms with Crippen molar-refractivity contribution in [1.82, 2.24) is 4.90 Å². The number of hydrogen-bond donors (Lipinski definition) is 0. The van der Waals surface area contributed by atoms with Crippen molar-refractivity contribution in [3.05, 3.63) is 24.3 Å². The third-order valence-electron chi connectivity index (χ3n) is 10.8. The SMILES string of the molecule is CC(CC(=O)OC1CCCCCCCCC=CCCCCCCCOC(=O)PC(=O)OCCCCCCCC=CCCCCCCCC1)CC(C)(C)CN(C)C. The fourth-order valence-electron chi connectivity index (χ4n) is 8.15. The van der Waals surface area contributed by atoms with Crippen LogP contribution in [0.25, 0.3) is 0 Å². The van der Waals surface area contributed by atoms with Gasteiger partial charge in [0.2, 0.25) is 0 Å². The number of rotatable bonds is 7. The van der Waals surface area contributed by atoms with Crippen molar-refractivity contribution in [3.63, 3.8) is 0 Å². The molecule has 0 aromatic rings. The van der Waals surface area contributed by atoms with E-state index in [1.807, 2.05) is 0 Å². The summed E-state index contributed by atoms with van der Waals surface area (Å²) < 4.78 is 16.7. The monoisotopic (exact) mass is 806 g/mol. The van der Waals surface area contributed by atoms with Gasteiger partial charge in [0, 0.05) is 13.0 Å². The van der Waals surface area contributed by atoms with Crippen molar-refractivity contribution in [2.75, 3.05) is 33.9 Å². The number of carbonyl (C=O) groups excluding carboxylic acids is 3. The lowest BCUT2D eigenvalue weighted by Crippen LogP contribution is -2.31. The van der Waals surface area contributed by atoms with E-state index in [1.54, 1.807) is 0 Å². The number of allylic oxidation sites excluding steroid dienone is 4. The van der Waals surface area contributed by atoms with E-state index in [4.69, 9.17) is 14.2 Å². The molecule has 7 nitrogen and oxygen atoms in total. The molecule has 0 fully saturated rings. The van der Waals surface area contributed by atoms with E-state index in [0.29, 0.717) is 25.6 Å². The van der Waals surface area contributed by atoms with Crippen LogP contribution in [0.2, 0.25) is 0 Å². The van der Waals surface area contributed by atoms with Crippen LogP contribution in [-0.2, 0) is 19.0 Å². The van der Waals surface area contributed by atoms with Gasteiger partial charge >= 0.3 is 17.4 Å². The van der Waals surface area contributed by atoms with Gasteiger partial charge in [-0.05, 0) is 122 Å². The van der Waals surface area contributed by atoms with E-state index in [2.05, 4.69) is 64.1 Å². The number of hydrogen-bond acceptors (Lipinski definition) is 7. The normalized spacial score (nSPS) is 22.4. The number of esters is 1. The van der Waals surface area contributed by atoms with Crippen LogP contribution in [0.15, 0.2) is 24.3 Å². The molecule has 0 N–H and O–H groups in total. The summed E-state index contributed by atoms with van der Waals surface area (Å²) in [5.74, 6) is 0.329. The number of carbonyl (C=O) groups is 3. The lowest BCUT2D eigenvalue weighted by molar-refractivity contribution is -0.151. The molecular formula is C48H88NO6P. The van der Waals surface area contributed by atoms with Crippen molar-refractivity contribution in [3.8, 4) is 0 Å². The zero-order valence-corrected chi connectivity index (χ0v) is 38.2. The average Bonchev–Trinajstić information content (AvgIpc) is 3.12. The van der Waals surface area contributed by atoms with Gasteiger partial charge < -0.3 is 19.1 Å². The first-order chi connectivity index (χ1) is 27.1. The van der Waals surface area contributed by atoms with Gasteiger partial charge in [-0.2, -0.15) is 0 Å². The van der Waals surface area contributed by atoms with Gasteiger partial charge in [0.15, 0.2) is 0 Å². The van der Waals surface area contributed by atoms with Gasteiger partial charge in [-0.3, -0.25) is 4.79 Å². The molecule has 0 radical (unpaired) electrons. The van der Waals surface area contributed by atoms with Crippen molar-refractivity contribution in [2.45, 2.75) is 219 Å². The zero-order chi connectivity index (χ0) is 41.0. The Morgan fingerprint density at radius 3 is 1.39 bits per heavy atom. The molecule has 1 atom stereocenters. The van der Waals surface area contributed by atoms with E-state index in [9.17, 15) is 14.4 Å². The molecule has 1 aliphatic heterocycles. The molecule has 0 aromatic carbocycles. The second-order valence-corrected chi connectivity index (χ2v) is 18.9. The zero-order valence-electron chi connectivity index (χ0n) is 37.2. The minimum absolute atomic E-state index is 0.00342. The van der Waals surface area contributed by atoms with Crippen LogP contribution in [0.3, 0.4) is 0 Å². The minimum atomic E-state index is -0.553. The van der Waals surface area contributed by atoms with Crippen LogP contribution in [-0.4, -0.2) is 62.2 Å². The highest BCUT2D eigenvalue weighted by Crippen LogP contribution is 2.28. The molecule has 0 spiro atoms. The summed E-state index contributed by atoms with van der Waals surface area (Å²) in [6.45, 7) is 8.62. The summed E-state index contributed by atoms with van der Waals surface area (Å²) in [6, 6.07) is 0. The molecule has 1 rings (SSSR count). The van der Waals surface area contributed by atoms with Crippen LogP contribution in [0.4, 0.5) is 9.59 Å². The molecule has 0 amide bonds. The Morgan fingerprint density at radius 2 is 1.00 bits per heavy atom. The Hall–Kier alpha value is -1.72. The molecule has 8 heteroatoms. The van der Waals surface area contributed by atoms with Crippen molar-refractivity contribution in [2.24, 2.45) is 11.3 Å². The quantitative estimate of drug-likeness (QED) is 0.110. The molecule has 0 saturated carbocycles. The molecule has 0 aliphatic carbocycles. The fourth-order valence-corrected chi connectivity index (χ4v) is 8.66. The summed E-state index contributed by atoms with van der Waals surface area (Å²) in [5.41, 5.74) is -0.711. The van der Waals surface area contributed by atoms with Gasteiger partial charge in [0.05, 0.1) is 13.2 Å². The van der Waals surface area contributed by atoms with E-state index in [0.717, 1.165) is 90.0 Å². The highest BCUT2D eigenvalue weighted by atomic mass is 31.1. The van der Waals surface area contributed by atoms with Gasteiger partial charge in [0.25, 0.3) is 0 Å². The maximum Gasteiger partial charge on any atom is 0.334 e. The predicted molar refractivity (Wildman–Crippen MR) is 239 cm³/mol. The largest absolute Gasteiger partial charge is 0.462 e. The van der Waals surface area contributed by atoms with E-state index >= 15 is 0 Å². The van der Waals surface area contributed by atoms with Crippen molar-refractivity contribution in [1.29, 1.82) is 0 Å². The number of nitrogens with zero attached hydrogens (tertiary/aromatic N) is 1. The molecule has 326 valence electrons. The minimum Gasteiger partial charge on any atom is -0.462 e. The molecule has 0 bridgehead atoms. The molecule has 1 heterocycles. The average molecular weight is 806 g/mol. The van der Waals surface area contributed by atoms with Gasteiger partial charge in [-0.25, -0.2) is 9.59 Å². The smallest absolute Gasteiger partial charge is 0.334 e. The predicted octanol–water partition coefficient (Wildman–Crippen LogP) is 14.9. The van der Waals surface area contributed by atoms with Crippen molar-refractivity contribution >= 4 is 26.0 Å². The van der Waals surface area contributed by atoms with E-state index in [1.165, 1.54) is 103 Å². The first-order valence-electron chi connectivity index (χ1n) is 23.3. The van der Waals surface area contributed by atoms with Crippen molar-refractivity contribution < 1.29 is 28.6 Å². The second kappa shape index (κ2) is 36.4. The van der Waals surface area contributed by atoms with Gasteiger partial charge in [0.1, 0.15) is 14.7 Å². The summed E-state index contributed by atoms with van der Waals surface area (Å²) in [5, 5.41) is 0. The van der Waals surface area contributed by atoms with E-state index in [-0.39, 0.29) is 17.5 Å². The highest BCUT2D eigenvalue weighted by molar-refractivity contribution is 7.72. The topological polar surface area (TPSA) is 82.1 Å². The Bertz CT molecular complexity index is 971. The first-order valence-corrected chi connectivity index (χ1v) is 24.3. The molecular weight excluding hydrogens is 718 g/mol. The molecule has 0 saturated heterocycles. The third-order valence-corrected chi connectivity index (χ3v) is 11.5. The van der Waals surface area contributed by atoms with Crippen LogP contribution in [0.5, 0.6) is 0 Å². The second-order valence-electron chi connectivity index (χ2n) is 17.9. The van der Waals surface area contributed by atoms with Crippen LogP contribution in [0.1, 0.15) is 213 Å². The Balaban J connectivity index is 2.49. The van der Waals surface area contributed by atoms with Crippen LogP contribution < -0.4 is 0 Å². The van der Waals surface area contributed by atoms with Gasteiger partial charge in [-0.15, -0.1) is 0 Å². The molecule has 1 aliphatic rings. The summed E-state index contributed by atoms with van der Waals surface area (Å²) in [4.78, 5) is 39.3. The molecule has 56 heavy (non-hydrogen) atoms. The summed E-state index contributed by atoms with van der Waals surface area (Å²) in [7, 11) is 3.69. The maximum absolute atomic E-state index is 13.1. The van der Waals surface area contributed by atoms with Crippen LogP contribution >= 0.6 is 8.58 Å². The summed E-state index contributed by atoms with van der Waals surface area (Å²) >= 11 is 0. The lowest BCUT2D eigenvalue weighted by Gasteiger charge is -2.31. The van der Waals surface area contributed by atoms with E-state index < -0.39 is 20.0 Å². The fraction of sp³-hybridized carbons (Fsp3) is 0.854. The highest BCUT2D eigenvalue weighted by Gasteiger charge is 2.25. The Morgan fingerprint density at radius 1 is 0.643 bits per heavy atom. The lowest BCUT2D eigenvalue weighted by atomic mass is 9.82. The van der Waals surface area contributed by atoms with Gasteiger partial charge in [-0.1, -0.05) is 135 Å².